The molecule has 3 heterocycles. The van der Waals surface area contributed by atoms with Gasteiger partial charge in [-0.15, -0.1) is 11.3 Å². The molecule has 1 aliphatic carbocycles. The van der Waals surface area contributed by atoms with Gasteiger partial charge in [-0.2, -0.15) is 13.2 Å². The maximum atomic E-state index is 12.4. The number of pyridine rings is 1. The number of halogens is 3. The zero-order valence-corrected chi connectivity index (χ0v) is 16.3. The van der Waals surface area contributed by atoms with Gasteiger partial charge in [0, 0.05) is 23.4 Å². The summed E-state index contributed by atoms with van der Waals surface area (Å²) >= 11 is 1.10. The number of nitrogens with zero attached hydrogens (tertiary/aromatic N) is 2. The summed E-state index contributed by atoms with van der Waals surface area (Å²) < 4.78 is 41.4. The molecule has 2 N–H and O–H groups in total. The van der Waals surface area contributed by atoms with Crippen molar-refractivity contribution >= 4 is 28.3 Å². The van der Waals surface area contributed by atoms with E-state index in [1.807, 2.05) is 6.07 Å². The molecule has 3 aromatic heterocycles. The van der Waals surface area contributed by atoms with E-state index < -0.39 is 12.8 Å². The molecule has 0 aliphatic heterocycles. The molecule has 1 amide bonds. The number of fused-ring (bicyclic) bond motifs is 1. The van der Waals surface area contributed by atoms with Gasteiger partial charge in [-0.05, 0) is 37.5 Å². The van der Waals surface area contributed by atoms with Gasteiger partial charge in [0.2, 0.25) is 5.91 Å². The number of hydrogen-bond acceptors (Lipinski definition) is 5. The zero-order chi connectivity index (χ0) is 20.6. The van der Waals surface area contributed by atoms with Crippen LogP contribution in [0.1, 0.15) is 42.4 Å². The highest BCUT2D eigenvalue weighted by molar-refractivity contribution is 7.13. The minimum Gasteiger partial charge on any atom is -0.475 e. The third kappa shape index (κ3) is 4.87. The van der Waals surface area contributed by atoms with Crippen molar-refractivity contribution in [1.82, 2.24) is 20.3 Å². The van der Waals surface area contributed by atoms with Gasteiger partial charge in [0.15, 0.2) is 11.7 Å². The third-order valence-corrected chi connectivity index (χ3v) is 5.99. The molecule has 0 saturated heterocycles. The van der Waals surface area contributed by atoms with Gasteiger partial charge < -0.3 is 15.0 Å². The molecule has 6 nitrogen and oxygen atoms in total. The van der Waals surface area contributed by atoms with Crippen LogP contribution in [0.2, 0.25) is 0 Å². The first kappa shape index (κ1) is 19.7. The van der Waals surface area contributed by atoms with Crippen molar-refractivity contribution in [3.8, 4) is 5.06 Å². The summed E-state index contributed by atoms with van der Waals surface area (Å²) in [5.74, 6) is 1.25. The van der Waals surface area contributed by atoms with Gasteiger partial charge in [-0.1, -0.05) is 0 Å². The van der Waals surface area contributed by atoms with Crippen LogP contribution in [0.3, 0.4) is 0 Å². The Labute approximate surface area is 168 Å². The van der Waals surface area contributed by atoms with E-state index in [1.165, 1.54) is 6.07 Å². The minimum atomic E-state index is -4.37. The van der Waals surface area contributed by atoms with E-state index in [9.17, 15) is 18.0 Å². The maximum absolute atomic E-state index is 12.4. The zero-order valence-electron chi connectivity index (χ0n) is 15.5. The molecule has 0 radical (unpaired) electrons. The summed E-state index contributed by atoms with van der Waals surface area (Å²) in [6.07, 6.45) is 0.319. The minimum absolute atomic E-state index is 0.0889. The molecule has 10 heteroatoms. The van der Waals surface area contributed by atoms with Crippen LogP contribution in [0.15, 0.2) is 30.6 Å². The van der Waals surface area contributed by atoms with Gasteiger partial charge in [0.05, 0.1) is 23.3 Å². The molecule has 0 bridgehead atoms. The molecule has 1 fully saturated rings. The summed E-state index contributed by atoms with van der Waals surface area (Å²) in [6, 6.07) is 4.70. The van der Waals surface area contributed by atoms with Gasteiger partial charge in [0.1, 0.15) is 5.82 Å². The number of aromatic amines is 1. The number of carbonyl (C=O) groups excluding carboxylic acids is 1. The SMILES string of the molecule is C[C@@H](NC(=O)C[C@@H]1C[C@H]1c1nc2ccncc2[nH]1)c1ccc(OCC(F)(F)F)s1. The normalized spacial score (nSPS) is 19.9. The van der Waals surface area contributed by atoms with Gasteiger partial charge in [0.25, 0.3) is 0 Å². The van der Waals surface area contributed by atoms with Gasteiger partial charge in [-0.3, -0.25) is 9.78 Å². The average molecular weight is 424 g/mol. The van der Waals surface area contributed by atoms with Crippen LogP contribution in [0.5, 0.6) is 5.06 Å². The molecule has 1 aliphatic rings. The predicted octanol–water partition coefficient (Wildman–Crippen LogP) is 4.33. The molecule has 0 unspecified atom stereocenters. The number of rotatable bonds is 7. The van der Waals surface area contributed by atoms with Crippen molar-refractivity contribution < 1.29 is 22.7 Å². The molecule has 0 spiro atoms. The largest absolute Gasteiger partial charge is 0.475 e. The predicted molar refractivity (Wildman–Crippen MR) is 102 cm³/mol. The van der Waals surface area contributed by atoms with Crippen molar-refractivity contribution in [2.45, 2.75) is 37.9 Å². The second-order valence-electron chi connectivity index (χ2n) is 7.17. The highest BCUT2D eigenvalue weighted by atomic mass is 32.1. The number of amides is 1. The Hall–Kier alpha value is -2.62. The standard InChI is InChI=1S/C19H19F3N4O2S/c1-10(15-2-3-17(29-15)28-9-19(20,21)22)24-16(27)7-11-6-12(11)18-25-13-4-5-23-8-14(13)26-18/h2-5,8,10-12H,6-7,9H2,1H3,(H,24,27)(H,25,26)/t10-,11+,12-/m1/s1. The Bertz CT molecular complexity index is 983. The lowest BCUT2D eigenvalue weighted by molar-refractivity contribution is -0.152. The fourth-order valence-electron chi connectivity index (χ4n) is 3.27. The lowest BCUT2D eigenvalue weighted by Crippen LogP contribution is -2.26. The quantitative estimate of drug-likeness (QED) is 0.592. The molecule has 3 atom stereocenters. The van der Waals surface area contributed by atoms with Crippen LogP contribution in [-0.4, -0.2) is 33.6 Å². The van der Waals surface area contributed by atoms with Crippen molar-refractivity contribution in [3.05, 3.63) is 41.3 Å². The Morgan fingerprint density at radius 1 is 1.41 bits per heavy atom. The van der Waals surface area contributed by atoms with Crippen molar-refractivity contribution in [2.75, 3.05) is 6.61 Å². The summed E-state index contributed by atoms with van der Waals surface area (Å²) in [5, 5.41) is 3.09. The van der Waals surface area contributed by atoms with Crippen LogP contribution >= 0.6 is 11.3 Å². The number of alkyl halides is 3. The second kappa shape index (κ2) is 7.66. The molecule has 1 saturated carbocycles. The van der Waals surface area contributed by atoms with Crippen LogP contribution in [-0.2, 0) is 4.79 Å². The van der Waals surface area contributed by atoms with E-state index in [-0.39, 0.29) is 28.8 Å². The maximum Gasteiger partial charge on any atom is 0.422 e. The van der Waals surface area contributed by atoms with E-state index in [4.69, 9.17) is 4.74 Å². The lowest BCUT2D eigenvalue weighted by atomic mass is 10.2. The Balaban J connectivity index is 1.27. The van der Waals surface area contributed by atoms with Crippen molar-refractivity contribution in [1.29, 1.82) is 0 Å². The molecule has 3 aromatic rings. The lowest BCUT2D eigenvalue weighted by Gasteiger charge is -2.12. The first-order valence-corrected chi connectivity index (χ1v) is 9.98. The summed E-state index contributed by atoms with van der Waals surface area (Å²) in [6.45, 7) is 0.475. The first-order valence-electron chi connectivity index (χ1n) is 9.17. The smallest absolute Gasteiger partial charge is 0.422 e. The fourth-order valence-corrected chi connectivity index (χ4v) is 4.13. The Kier molecular flexibility index (Phi) is 5.20. The molecule has 154 valence electrons. The van der Waals surface area contributed by atoms with Crippen molar-refractivity contribution in [3.63, 3.8) is 0 Å². The number of H-pyrrole nitrogens is 1. The number of nitrogens with one attached hydrogen (secondary N) is 2. The number of carbonyl (C=O) groups is 1. The van der Waals surface area contributed by atoms with Crippen LogP contribution in [0.25, 0.3) is 11.0 Å². The van der Waals surface area contributed by atoms with Gasteiger partial charge in [-0.25, -0.2) is 4.98 Å². The van der Waals surface area contributed by atoms with Crippen LogP contribution in [0.4, 0.5) is 13.2 Å². The van der Waals surface area contributed by atoms with E-state index in [0.29, 0.717) is 6.42 Å². The third-order valence-electron chi connectivity index (χ3n) is 4.81. The molecular formula is C19H19F3N4O2S. The summed E-state index contributed by atoms with van der Waals surface area (Å²) in [7, 11) is 0. The second-order valence-corrected chi connectivity index (χ2v) is 8.25. The van der Waals surface area contributed by atoms with E-state index in [2.05, 4.69) is 20.3 Å². The number of thiophene rings is 1. The molecule has 0 aromatic carbocycles. The van der Waals surface area contributed by atoms with Gasteiger partial charge >= 0.3 is 6.18 Å². The van der Waals surface area contributed by atoms with E-state index in [1.54, 1.807) is 25.4 Å². The van der Waals surface area contributed by atoms with Crippen LogP contribution < -0.4 is 10.1 Å². The number of ether oxygens (including phenoxy) is 1. The number of imidazole rings is 1. The Morgan fingerprint density at radius 3 is 3.00 bits per heavy atom. The topological polar surface area (TPSA) is 79.9 Å². The summed E-state index contributed by atoms with van der Waals surface area (Å²) in [5.41, 5.74) is 1.74. The summed E-state index contributed by atoms with van der Waals surface area (Å²) in [4.78, 5) is 25.0. The molecular weight excluding hydrogens is 405 g/mol. The average Bonchev–Trinajstić information content (AvgIpc) is 3.08. The van der Waals surface area contributed by atoms with E-state index >= 15 is 0 Å². The highest BCUT2D eigenvalue weighted by Crippen LogP contribution is 2.48. The van der Waals surface area contributed by atoms with Crippen molar-refractivity contribution in [2.24, 2.45) is 5.92 Å². The Morgan fingerprint density at radius 2 is 2.24 bits per heavy atom. The number of hydrogen-bond donors (Lipinski definition) is 2. The van der Waals surface area contributed by atoms with E-state index in [0.717, 1.165) is 39.5 Å². The first-order chi connectivity index (χ1) is 13.8. The molecule has 4 rings (SSSR count). The fraction of sp³-hybridized carbons (Fsp3) is 0.421. The molecule has 29 heavy (non-hydrogen) atoms. The number of aromatic nitrogens is 3. The monoisotopic (exact) mass is 424 g/mol. The highest BCUT2D eigenvalue weighted by Gasteiger charge is 2.42. The van der Waals surface area contributed by atoms with Crippen LogP contribution in [0, 0.1) is 5.92 Å².